The molecule has 2 fully saturated rings. The van der Waals surface area contributed by atoms with Crippen molar-refractivity contribution in [1.82, 2.24) is 9.88 Å². The zero-order valence-corrected chi connectivity index (χ0v) is 24.8. The van der Waals surface area contributed by atoms with E-state index in [0.29, 0.717) is 63.4 Å². The molecule has 1 aromatic heterocycles. The van der Waals surface area contributed by atoms with Gasteiger partial charge < -0.3 is 39.3 Å². The number of pyridine rings is 1. The van der Waals surface area contributed by atoms with Gasteiger partial charge in [0, 0.05) is 45.1 Å². The van der Waals surface area contributed by atoms with Crippen molar-refractivity contribution in [2.75, 3.05) is 31.1 Å². The fraction of sp³-hybridized carbons (Fsp3) is 0.344. The number of aromatic nitrogens is 1. The van der Waals surface area contributed by atoms with Gasteiger partial charge in [-0.1, -0.05) is 12.1 Å². The number of amides is 1. The van der Waals surface area contributed by atoms with Gasteiger partial charge in [-0.2, -0.15) is 0 Å². The van der Waals surface area contributed by atoms with Gasteiger partial charge in [0.2, 0.25) is 0 Å². The minimum atomic E-state index is -1.82. The average Bonchev–Trinajstić information content (AvgIpc) is 3.05. The maximum atomic E-state index is 13.3. The number of hydrogen-bond donors (Lipinski definition) is 3. The molecule has 244 valence electrons. The van der Waals surface area contributed by atoms with Crippen molar-refractivity contribution in [3.63, 3.8) is 0 Å². The Labute approximate surface area is 263 Å². The Morgan fingerprint density at radius 2 is 1.46 bits per heavy atom. The summed E-state index contributed by atoms with van der Waals surface area (Å²) < 4.78 is 30.8. The molecule has 13 nitrogen and oxygen atoms in total. The number of carbonyl (C=O) groups is 4. The molecule has 14 heteroatoms. The lowest BCUT2D eigenvalue weighted by Crippen LogP contribution is -2.43. The highest BCUT2D eigenvalue weighted by atomic mass is 19.1. The topological polar surface area (TPSA) is 176 Å². The van der Waals surface area contributed by atoms with Gasteiger partial charge in [0.1, 0.15) is 30.0 Å². The quantitative estimate of drug-likeness (QED) is 0.299. The van der Waals surface area contributed by atoms with E-state index in [2.05, 4.69) is 9.88 Å². The number of anilines is 1. The number of likely N-dealkylation sites (tertiary alicyclic amines) is 1. The number of benzene rings is 2. The second-order valence-electron chi connectivity index (χ2n) is 10.7. The monoisotopic (exact) mass is 639 g/mol. The molecular weight excluding hydrogens is 605 g/mol. The van der Waals surface area contributed by atoms with Crippen molar-refractivity contribution in [3.8, 4) is 17.2 Å². The molecule has 3 aromatic rings. The molecule has 0 spiro atoms. The van der Waals surface area contributed by atoms with Crippen molar-refractivity contribution >= 4 is 29.7 Å². The molecule has 0 bridgehead atoms. The van der Waals surface area contributed by atoms with Gasteiger partial charge in [-0.25, -0.2) is 18.8 Å². The summed E-state index contributed by atoms with van der Waals surface area (Å²) >= 11 is 0. The molecule has 0 aliphatic carbocycles. The van der Waals surface area contributed by atoms with Crippen molar-refractivity contribution in [2.24, 2.45) is 5.92 Å². The molecule has 3 N–H and O–H groups in total. The highest BCUT2D eigenvalue weighted by Gasteiger charge is 2.27. The molecule has 5 rings (SSSR count). The van der Waals surface area contributed by atoms with Crippen LogP contribution in [0.2, 0.25) is 0 Å². The average molecular weight is 640 g/mol. The van der Waals surface area contributed by atoms with Crippen LogP contribution in [0.3, 0.4) is 0 Å². The van der Waals surface area contributed by atoms with E-state index in [0.717, 1.165) is 17.0 Å². The Hall–Kier alpha value is -5.40. The second kappa shape index (κ2) is 16.1. The second-order valence-corrected chi connectivity index (χ2v) is 10.7. The summed E-state index contributed by atoms with van der Waals surface area (Å²) in [6, 6.07) is 15.4. The lowest BCUT2D eigenvalue weighted by molar-refractivity contribution is -0.159. The zero-order valence-electron chi connectivity index (χ0n) is 24.8. The number of nitrogens with zero attached hydrogens (tertiary/aromatic N) is 3. The number of halogens is 1. The molecule has 3 heterocycles. The third-order valence-electron chi connectivity index (χ3n) is 7.42. The summed E-state index contributed by atoms with van der Waals surface area (Å²) in [6.45, 7) is 2.53. The number of ether oxygens (including phenoxy) is 3. The summed E-state index contributed by atoms with van der Waals surface area (Å²) in [5.74, 6) is -3.26. The van der Waals surface area contributed by atoms with E-state index in [-0.39, 0.29) is 24.4 Å². The first-order chi connectivity index (χ1) is 22.1. The fourth-order valence-electron chi connectivity index (χ4n) is 4.94. The predicted octanol–water partition coefficient (Wildman–Crippen LogP) is 4.30. The summed E-state index contributed by atoms with van der Waals surface area (Å²) in [4.78, 5) is 50.1. The maximum Gasteiger partial charge on any atom is 0.415 e. The highest BCUT2D eigenvalue weighted by Crippen LogP contribution is 2.27. The van der Waals surface area contributed by atoms with Crippen LogP contribution in [-0.2, 0) is 21.0 Å². The van der Waals surface area contributed by atoms with E-state index in [9.17, 15) is 19.1 Å². The van der Waals surface area contributed by atoms with E-state index in [1.165, 1.54) is 18.3 Å². The summed E-state index contributed by atoms with van der Waals surface area (Å²) in [7, 11) is 0. The number of rotatable bonds is 8. The number of carboxylic acids is 3. The first kappa shape index (κ1) is 33.5. The zero-order chi connectivity index (χ0) is 33.1. The molecule has 2 aliphatic rings. The van der Waals surface area contributed by atoms with Crippen LogP contribution in [0.25, 0.3) is 0 Å². The van der Waals surface area contributed by atoms with Gasteiger partial charge in [-0.05, 0) is 54.8 Å². The summed E-state index contributed by atoms with van der Waals surface area (Å²) in [5, 5.41) is 24.0. The van der Waals surface area contributed by atoms with Gasteiger partial charge in [0.15, 0.2) is 5.75 Å². The number of carboxylic acid groups (broad SMARTS) is 3. The van der Waals surface area contributed by atoms with Crippen molar-refractivity contribution in [1.29, 1.82) is 0 Å². The lowest BCUT2D eigenvalue weighted by Gasteiger charge is -2.32. The Morgan fingerprint density at radius 3 is 2.07 bits per heavy atom. The fourth-order valence-corrected chi connectivity index (χ4v) is 4.94. The molecule has 0 saturated carbocycles. The molecule has 1 amide bonds. The van der Waals surface area contributed by atoms with Gasteiger partial charge in [0.25, 0.3) is 0 Å². The predicted molar refractivity (Wildman–Crippen MR) is 161 cm³/mol. The van der Waals surface area contributed by atoms with E-state index < -0.39 is 24.0 Å². The van der Waals surface area contributed by atoms with E-state index in [1.807, 2.05) is 30.3 Å². The molecule has 0 radical (unpaired) electrons. The first-order valence-electron chi connectivity index (χ1n) is 14.6. The largest absolute Gasteiger partial charge is 0.490 e. The molecule has 2 saturated heterocycles. The van der Waals surface area contributed by atoms with Gasteiger partial charge in [0.05, 0.1) is 24.0 Å². The molecular formula is C32H34FN3O10. The number of aliphatic carboxylic acids is 3. The Kier molecular flexibility index (Phi) is 11.7. The van der Waals surface area contributed by atoms with Crippen molar-refractivity contribution in [3.05, 3.63) is 78.4 Å². The molecule has 0 unspecified atom stereocenters. The first-order valence-corrected chi connectivity index (χ1v) is 14.6. The number of carbonyl (C=O) groups excluding carboxylic acids is 1. The maximum absolute atomic E-state index is 13.3. The van der Waals surface area contributed by atoms with Gasteiger partial charge in [-0.3, -0.25) is 9.78 Å². The number of hydrogen-bond acceptors (Lipinski definition) is 9. The van der Waals surface area contributed by atoms with Crippen LogP contribution in [0.15, 0.2) is 67.0 Å². The third kappa shape index (κ3) is 10.1. The van der Waals surface area contributed by atoms with Crippen LogP contribution in [-0.4, -0.2) is 81.5 Å². The van der Waals surface area contributed by atoms with Gasteiger partial charge >= 0.3 is 24.0 Å². The van der Waals surface area contributed by atoms with E-state index in [4.69, 9.17) is 34.0 Å². The Bertz CT molecular complexity index is 1490. The molecule has 46 heavy (non-hydrogen) atoms. The number of piperidine rings is 2. The summed E-state index contributed by atoms with van der Waals surface area (Å²) in [6.07, 6.45) is 5.24. The molecule has 0 atom stereocenters. The highest BCUT2D eigenvalue weighted by molar-refractivity contribution is 6.27. The minimum absolute atomic E-state index is 0.0261. The van der Waals surface area contributed by atoms with Crippen LogP contribution < -0.4 is 19.1 Å². The van der Waals surface area contributed by atoms with Gasteiger partial charge in [-0.15, -0.1) is 0 Å². The Morgan fingerprint density at radius 1 is 0.804 bits per heavy atom. The smallest absolute Gasteiger partial charge is 0.415 e. The SMILES string of the molecule is O=C(O)C(=O)O.O=C(O)C1CCN(c2cncc(OC(=O)N3CCC(Oc4ccc(OCc5cccc(F)c5)cc4)CC3)c2)CC1. The minimum Gasteiger partial charge on any atom is -0.490 e. The van der Waals surface area contributed by atoms with Crippen molar-refractivity contribution in [2.45, 2.75) is 38.4 Å². The van der Waals surface area contributed by atoms with E-state index >= 15 is 0 Å². The third-order valence-corrected chi connectivity index (χ3v) is 7.42. The summed E-state index contributed by atoms with van der Waals surface area (Å²) in [5.41, 5.74) is 1.57. The van der Waals surface area contributed by atoms with E-state index in [1.54, 1.807) is 23.2 Å². The molecule has 2 aromatic carbocycles. The standard InChI is InChI=1S/C30H32FN3O6.C2H2O4/c31-23-3-1-2-21(16-23)20-38-25-4-6-26(7-5-25)39-27-10-14-34(15-11-27)30(37)40-28-17-24(18-32-19-28)33-12-8-22(9-13-33)29(35)36;3-1(4)2(5)6/h1-7,16-19,22,27H,8-15,20H2,(H,35,36);(H,3,4)(H,5,6). The van der Waals surface area contributed by atoms with Crippen LogP contribution in [0.5, 0.6) is 17.2 Å². The molecule has 2 aliphatic heterocycles. The van der Waals surface area contributed by atoms with Crippen molar-refractivity contribution < 1.29 is 53.1 Å². The Balaban J connectivity index is 0.000000731. The van der Waals surface area contributed by atoms with Crippen LogP contribution in [0.1, 0.15) is 31.2 Å². The van der Waals surface area contributed by atoms with Crippen LogP contribution in [0, 0.1) is 11.7 Å². The lowest BCUT2D eigenvalue weighted by atomic mass is 9.97. The normalized spacial score (nSPS) is 15.2. The van der Waals surface area contributed by atoms with Crippen LogP contribution >= 0.6 is 0 Å². The van der Waals surface area contributed by atoms with Crippen LogP contribution in [0.4, 0.5) is 14.9 Å².